The SMILES string of the molecule is CC(C)c1ccccc1NC(=O)COC(=O)C=Cc1ccc2c(c1)OCO2. The second kappa shape index (κ2) is 8.40. The van der Waals surface area contributed by atoms with E-state index in [1.54, 1.807) is 24.3 Å². The molecule has 0 saturated heterocycles. The lowest BCUT2D eigenvalue weighted by atomic mass is 10.0. The number of carbonyl (C=O) groups is 2. The van der Waals surface area contributed by atoms with Gasteiger partial charge in [-0.15, -0.1) is 0 Å². The molecule has 27 heavy (non-hydrogen) atoms. The molecule has 140 valence electrons. The molecule has 6 heteroatoms. The number of carbonyl (C=O) groups excluding carboxylic acids is 2. The summed E-state index contributed by atoms with van der Waals surface area (Å²) in [5.74, 6) is 0.600. The van der Waals surface area contributed by atoms with Gasteiger partial charge in [0.05, 0.1) is 0 Å². The van der Waals surface area contributed by atoms with E-state index in [9.17, 15) is 9.59 Å². The van der Waals surface area contributed by atoms with Crippen molar-refractivity contribution in [1.82, 2.24) is 0 Å². The predicted octanol–water partition coefficient (Wildman–Crippen LogP) is 3.73. The fourth-order valence-electron chi connectivity index (χ4n) is 2.67. The van der Waals surface area contributed by atoms with Gasteiger partial charge in [-0.2, -0.15) is 0 Å². The topological polar surface area (TPSA) is 73.9 Å². The van der Waals surface area contributed by atoms with Crippen molar-refractivity contribution in [3.05, 3.63) is 59.7 Å². The van der Waals surface area contributed by atoms with E-state index in [2.05, 4.69) is 5.32 Å². The normalized spacial score (nSPS) is 12.4. The average Bonchev–Trinajstić information content (AvgIpc) is 3.12. The van der Waals surface area contributed by atoms with E-state index in [4.69, 9.17) is 14.2 Å². The van der Waals surface area contributed by atoms with Crippen molar-refractivity contribution in [3.8, 4) is 11.5 Å². The molecule has 1 N–H and O–H groups in total. The van der Waals surface area contributed by atoms with Crippen molar-refractivity contribution < 1.29 is 23.8 Å². The van der Waals surface area contributed by atoms with Gasteiger partial charge in [0, 0.05) is 11.8 Å². The molecule has 0 radical (unpaired) electrons. The smallest absolute Gasteiger partial charge is 0.331 e. The monoisotopic (exact) mass is 367 g/mol. The van der Waals surface area contributed by atoms with Crippen molar-refractivity contribution in [1.29, 1.82) is 0 Å². The molecule has 0 aliphatic carbocycles. The number of anilines is 1. The maximum atomic E-state index is 12.1. The van der Waals surface area contributed by atoms with Crippen LogP contribution in [0.4, 0.5) is 5.69 Å². The van der Waals surface area contributed by atoms with Gasteiger partial charge in [0.1, 0.15) is 0 Å². The molecule has 0 atom stereocenters. The zero-order valence-corrected chi connectivity index (χ0v) is 15.2. The molecule has 3 rings (SSSR count). The number of hydrogen-bond donors (Lipinski definition) is 1. The van der Waals surface area contributed by atoms with Gasteiger partial charge in [0.15, 0.2) is 18.1 Å². The van der Waals surface area contributed by atoms with Crippen LogP contribution in [0, 0.1) is 0 Å². The first-order chi connectivity index (χ1) is 13.0. The summed E-state index contributed by atoms with van der Waals surface area (Å²) >= 11 is 0. The number of esters is 1. The average molecular weight is 367 g/mol. The number of fused-ring (bicyclic) bond motifs is 1. The van der Waals surface area contributed by atoms with Crippen LogP contribution < -0.4 is 14.8 Å². The fourth-order valence-corrected chi connectivity index (χ4v) is 2.67. The van der Waals surface area contributed by atoms with Crippen LogP contribution in [0.3, 0.4) is 0 Å². The zero-order chi connectivity index (χ0) is 19.2. The van der Waals surface area contributed by atoms with Crippen LogP contribution in [-0.2, 0) is 14.3 Å². The number of rotatable bonds is 6. The Morgan fingerprint density at radius 2 is 1.93 bits per heavy atom. The lowest BCUT2D eigenvalue weighted by molar-refractivity contribution is -0.142. The number of hydrogen-bond acceptors (Lipinski definition) is 5. The van der Waals surface area contributed by atoms with Crippen molar-refractivity contribution in [2.75, 3.05) is 18.7 Å². The number of ether oxygens (including phenoxy) is 3. The van der Waals surface area contributed by atoms with Crippen molar-refractivity contribution in [2.45, 2.75) is 19.8 Å². The van der Waals surface area contributed by atoms with Crippen LogP contribution in [0.5, 0.6) is 11.5 Å². The summed E-state index contributed by atoms with van der Waals surface area (Å²) in [6.07, 6.45) is 2.86. The van der Waals surface area contributed by atoms with E-state index in [0.717, 1.165) is 16.8 Å². The standard InChI is InChI=1S/C21H21NO5/c1-14(2)16-5-3-4-6-17(16)22-20(23)12-25-21(24)10-8-15-7-9-18-19(11-15)27-13-26-18/h3-11,14H,12-13H2,1-2H3,(H,22,23). The maximum absolute atomic E-state index is 12.1. The fraction of sp³-hybridized carbons (Fsp3) is 0.238. The van der Waals surface area contributed by atoms with E-state index in [0.29, 0.717) is 11.5 Å². The molecule has 1 amide bonds. The van der Waals surface area contributed by atoms with Gasteiger partial charge in [-0.25, -0.2) is 4.79 Å². The summed E-state index contributed by atoms with van der Waals surface area (Å²) in [6.45, 7) is 3.94. The largest absolute Gasteiger partial charge is 0.454 e. The van der Waals surface area contributed by atoms with Crippen LogP contribution in [0.1, 0.15) is 30.9 Å². The molecule has 0 fully saturated rings. The highest BCUT2D eigenvalue weighted by atomic mass is 16.7. The Labute approximate surface area is 157 Å². The first kappa shape index (κ1) is 18.5. The highest BCUT2D eigenvalue weighted by molar-refractivity contribution is 5.95. The second-order valence-corrected chi connectivity index (χ2v) is 6.34. The van der Waals surface area contributed by atoms with Gasteiger partial charge in [-0.1, -0.05) is 38.1 Å². The molecule has 0 unspecified atom stereocenters. The molecule has 0 aromatic heterocycles. The summed E-state index contributed by atoms with van der Waals surface area (Å²) in [7, 11) is 0. The van der Waals surface area contributed by atoms with Gasteiger partial charge in [0.25, 0.3) is 5.91 Å². The van der Waals surface area contributed by atoms with Gasteiger partial charge >= 0.3 is 5.97 Å². The van der Waals surface area contributed by atoms with Gasteiger partial charge in [-0.3, -0.25) is 4.79 Å². The Balaban J connectivity index is 1.51. The summed E-state index contributed by atoms with van der Waals surface area (Å²) in [4.78, 5) is 23.9. The predicted molar refractivity (Wildman–Crippen MR) is 102 cm³/mol. The summed E-state index contributed by atoms with van der Waals surface area (Å²) in [6, 6.07) is 12.9. The Kier molecular flexibility index (Phi) is 5.76. The second-order valence-electron chi connectivity index (χ2n) is 6.34. The Morgan fingerprint density at radius 3 is 2.74 bits per heavy atom. The summed E-state index contributed by atoms with van der Waals surface area (Å²) in [5.41, 5.74) is 2.52. The van der Waals surface area contributed by atoms with Crippen molar-refractivity contribution in [3.63, 3.8) is 0 Å². The number of benzene rings is 2. The molecular formula is C21H21NO5. The van der Waals surface area contributed by atoms with Crippen LogP contribution in [0.15, 0.2) is 48.5 Å². The van der Waals surface area contributed by atoms with Gasteiger partial charge in [0.2, 0.25) is 6.79 Å². The maximum Gasteiger partial charge on any atom is 0.331 e. The zero-order valence-electron chi connectivity index (χ0n) is 15.2. The van der Waals surface area contributed by atoms with E-state index in [1.807, 2.05) is 38.1 Å². The summed E-state index contributed by atoms with van der Waals surface area (Å²) in [5, 5.41) is 2.78. The number of para-hydroxylation sites is 1. The Morgan fingerprint density at radius 1 is 1.15 bits per heavy atom. The molecule has 6 nitrogen and oxygen atoms in total. The quantitative estimate of drug-likeness (QED) is 0.622. The molecular weight excluding hydrogens is 346 g/mol. The minimum Gasteiger partial charge on any atom is -0.454 e. The highest BCUT2D eigenvalue weighted by Crippen LogP contribution is 2.32. The van der Waals surface area contributed by atoms with Gasteiger partial charge in [-0.05, 0) is 41.3 Å². The molecule has 0 spiro atoms. The first-order valence-electron chi connectivity index (χ1n) is 8.66. The van der Waals surface area contributed by atoms with Gasteiger partial charge < -0.3 is 19.5 Å². The van der Waals surface area contributed by atoms with E-state index in [1.165, 1.54) is 6.08 Å². The minimum atomic E-state index is -0.597. The molecule has 1 heterocycles. The number of nitrogens with one attached hydrogen (secondary N) is 1. The third kappa shape index (κ3) is 4.88. The Hall–Kier alpha value is -3.28. The van der Waals surface area contributed by atoms with E-state index < -0.39 is 5.97 Å². The van der Waals surface area contributed by atoms with Crippen molar-refractivity contribution in [2.24, 2.45) is 0 Å². The van der Waals surface area contributed by atoms with Crippen molar-refractivity contribution >= 4 is 23.6 Å². The molecule has 2 aromatic rings. The highest BCUT2D eigenvalue weighted by Gasteiger charge is 2.13. The van der Waals surface area contributed by atoms with Crippen LogP contribution >= 0.6 is 0 Å². The third-order valence-corrected chi connectivity index (χ3v) is 4.01. The number of amides is 1. The Bertz CT molecular complexity index is 873. The molecule has 2 aromatic carbocycles. The van der Waals surface area contributed by atoms with Crippen LogP contribution in [0.2, 0.25) is 0 Å². The first-order valence-corrected chi connectivity index (χ1v) is 8.66. The minimum absolute atomic E-state index is 0.194. The van der Waals surface area contributed by atoms with E-state index in [-0.39, 0.29) is 25.2 Å². The lowest BCUT2D eigenvalue weighted by Gasteiger charge is -2.13. The molecule has 0 saturated carbocycles. The van der Waals surface area contributed by atoms with Crippen LogP contribution in [0.25, 0.3) is 6.08 Å². The molecule has 1 aliphatic heterocycles. The van der Waals surface area contributed by atoms with E-state index >= 15 is 0 Å². The third-order valence-electron chi connectivity index (χ3n) is 4.01. The summed E-state index contributed by atoms with van der Waals surface area (Å²) < 4.78 is 15.5. The van der Waals surface area contributed by atoms with Crippen LogP contribution in [-0.4, -0.2) is 25.3 Å². The lowest BCUT2D eigenvalue weighted by Crippen LogP contribution is -2.21. The molecule has 1 aliphatic rings. The molecule has 0 bridgehead atoms.